The molecular formula is C17H15F2N. The van der Waals surface area contributed by atoms with Gasteiger partial charge in [-0.15, -0.1) is 0 Å². The zero-order chi connectivity index (χ0) is 13.9. The predicted molar refractivity (Wildman–Crippen MR) is 76.1 cm³/mol. The van der Waals surface area contributed by atoms with Crippen molar-refractivity contribution in [1.82, 2.24) is 5.32 Å². The van der Waals surface area contributed by atoms with Gasteiger partial charge in [0.05, 0.1) is 0 Å². The summed E-state index contributed by atoms with van der Waals surface area (Å²) in [5.74, 6) is -0.192. The molecule has 1 nitrogen and oxygen atoms in total. The lowest BCUT2D eigenvalue weighted by Gasteiger charge is -2.23. The SMILES string of the molecule is Fc1ccc(C2=CC(c3ccc(F)cc3)CCN2)cc1. The highest BCUT2D eigenvalue weighted by Gasteiger charge is 2.16. The van der Waals surface area contributed by atoms with Crippen LogP contribution < -0.4 is 5.32 Å². The van der Waals surface area contributed by atoms with E-state index in [-0.39, 0.29) is 17.6 Å². The van der Waals surface area contributed by atoms with Gasteiger partial charge in [0.2, 0.25) is 0 Å². The van der Waals surface area contributed by atoms with Crippen LogP contribution in [0.2, 0.25) is 0 Å². The van der Waals surface area contributed by atoms with Crippen molar-refractivity contribution >= 4 is 5.70 Å². The Kier molecular flexibility index (Phi) is 3.50. The van der Waals surface area contributed by atoms with E-state index in [1.807, 2.05) is 12.1 Å². The third kappa shape index (κ3) is 2.72. The van der Waals surface area contributed by atoms with Gasteiger partial charge in [0.15, 0.2) is 0 Å². The van der Waals surface area contributed by atoms with Gasteiger partial charge in [0, 0.05) is 18.2 Å². The molecule has 0 aromatic heterocycles. The van der Waals surface area contributed by atoms with Crippen LogP contribution >= 0.6 is 0 Å². The lowest BCUT2D eigenvalue weighted by atomic mass is 9.91. The molecule has 102 valence electrons. The van der Waals surface area contributed by atoms with E-state index in [9.17, 15) is 8.78 Å². The average molecular weight is 271 g/mol. The molecule has 1 aliphatic heterocycles. The molecule has 0 saturated carbocycles. The molecule has 0 saturated heterocycles. The highest BCUT2D eigenvalue weighted by Crippen LogP contribution is 2.28. The van der Waals surface area contributed by atoms with Gasteiger partial charge in [-0.3, -0.25) is 0 Å². The van der Waals surface area contributed by atoms with E-state index in [2.05, 4.69) is 11.4 Å². The van der Waals surface area contributed by atoms with Crippen molar-refractivity contribution in [2.45, 2.75) is 12.3 Å². The molecule has 1 N–H and O–H groups in total. The van der Waals surface area contributed by atoms with Crippen molar-refractivity contribution < 1.29 is 8.78 Å². The number of nitrogens with one attached hydrogen (secondary N) is 1. The number of allylic oxidation sites excluding steroid dienone is 1. The third-order valence-electron chi connectivity index (χ3n) is 3.59. The van der Waals surface area contributed by atoms with Crippen LogP contribution in [-0.2, 0) is 0 Å². The second-order valence-corrected chi connectivity index (χ2v) is 4.96. The maximum absolute atomic E-state index is 13.0. The zero-order valence-corrected chi connectivity index (χ0v) is 10.9. The minimum atomic E-state index is -0.236. The lowest BCUT2D eigenvalue weighted by Crippen LogP contribution is -2.21. The smallest absolute Gasteiger partial charge is 0.123 e. The van der Waals surface area contributed by atoms with Crippen LogP contribution in [0, 0.1) is 11.6 Å². The number of hydrogen-bond acceptors (Lipinski definition) is 1. The standard InChI is InChI=1S/C17H15F2N/c18-15-5-1-12(2-6-15)14-9-10-20-17(11-14)13-3-7-16(19)8-4-13/h1-8,11,14,20H,9-10H2. The van der Waals surface area contributed by atoms with Gasteiger partial charge in [-0.1, -0.05) is 30.3 Å². The minimum Gasteiger partial charge on any atom is -0.385 e. The first-order chi connectivity index (χ1) is 9.72. The van der Waals surface area contributed by atoms with Crippen LogP contribution in [0.15, 0.2) is 54.6 Å². The van der Waals surface area contributed by atoms with E-state index in [1.165, 1.54) is 24.3 Å². The molecule has 1 aliphatic rings. The molecule has 3 rings (SSSR count). The first kappa shape index (κ1) is 12.9. The quantitative estimate of drug-likeness (QED) is 0.867. The average Bonchev–Trinajstić information content (AvgIpc) is 2.49. The van der Waals surface area contributed by atoms with Crippen LogP contribution in [-0.4, -0.2) is 6.54 Å². The van der Waals surface area contributed by atoms with Crippen LogP contribution in [0.4, 0.5) is 8.78 Å². The highest BCUT2D eigenvalue weighted by molar-refractivity contribution is 5.65. The Hall–Kier alpha value is -2.16. The largest absolute Gasteiger partial charge is 0.385 e. The van der Waals surface area contributed by atoms with Gasteiger partial charge in [0.1, 0.15) is 11.6 Å². The van der Waals surface area contributed by atoms with Gasteiger partial charge in [0.25, 0.3) is 0 Å². The molecule has 0 fully saturated rings. The number of benzene rings is 2. The molecule has 1 unspecified atom stereocenters. The second-order valence-electron chi connectivity index (χ2n) is 4.96. The molecule has 0 aliphatic carbocycles. The monoisotopic (exact) mass is 271 g/mol. The fourth-order valence-electron chi connectivity index (χ4n) is 2.51. The molecule has 20 heavy (non-hydrogen) atoms. The molecular weight excluding hydrogens is 256 g/mol. The Morgan fingerprint density at radius 2 is 1.45 bits per heavy atom. The molecule has 0 radical (unpaired) electrons. The van der Waals surface area contributed by atoms with Crippen molar-refractivity contribution in [2.75, 3.05) is 6.54 Å². The molecule has 3 heteroatoms. The van der Waals surface area contributed by atoms with E-state index in [1.54, 1.807) is 12.1 Å². The van der Waals surface area contributed by atoms with E-state index in [4.69, 9.17) is 0 Å². The number of halogens is 2. The molecule has 0 amide bonds. The summed E-state index contributed by atoms with van der Waals surface area (Å²) in [4.78, 5) is 0. The maximum atomic E-state index is 13.0. The van der Waals surface area contributed by atoms with E-state index in [0.29, 0.717) is 0 Å². The van der Waals surface area contributed by atoms with Crippen LogP contribution in [0.1, 0.15) is 23.5 Å². The molecule has 0 spiro atoms. The first-order valence-corrected chi connectivity index (χ1v) is 6.69. The number of hydrogen-bond donors (Lipinski definition) is 1. The molecule has 2 aromatic rings. The Bertz CT molecular complexity index is 614. The van der Waals surface area contributed by atoms with Gasteiger partial charge >= 0.3 is 0 Å². The van der Waals surface area contributed by atoms with Crippen LogP contribution in [0.3, 0.4) is 0 Å². The summed E-state index contributed by atoms with van der Waals surface area (Å²) in [5.41, 5.74) is 3.08. The summed E-state index contributed by atoms with van der Waals surface area (Å²) in [6, 6.07) is 13.1. The van der Waals surface area contributed by atoms with Crippen LogP contribution in [0.5, 0.6) is 0 Å². The summed E-state index contributed by atoms with van der Waals surface area (Å²) >= 11 is 0. The maximum Gasteiger partial charge on any atom is 0.123 e. The van der Waals surface area contributed by atoms with Crippen molar-refractivity contribution in [1.29, 1.82) is 0 Å². The van der Waals surface area contributed by atoms with Crippen LogP contribution in [0.25, 0.3) is 5.70 Å². The third-order valence-corrected chi connectivity index (χ3v) is 3.59. The molecule has 1 heterocycles. The Morgan fingerprint density at radius 3 is 2.10 bits per heavy atom. The predicted octanol–water partition coefficient (Wildman–Crippen LogP) is 4.08. The molecule has 1 atom stereocenters. The first-order valence-electron chi connectivity index (χ1n) is 6.69. The minimum absolute atomic E-state index is 0.217. The zero-order valence-electron chi connectivity index (χ0n) is 10.9. The van der Waals surface area contributed by atoms with Gasteiger partial charge in [-0.05, 0) is 41.8 Å². The van der Waals surface area contributed by atoms with Gasteiger partial charge in [-0.25, -0.2) is 8.78 Å². The van der Waals surface area contributed by atoms with E-state index in [0.717, 1.165) is 29.8 Å². The fourth-order valence-corrected chi connectivity index (χ4v) is 2.51. The molecule has 2 aromatic carbocycles. The van der Waals surface area contributed by atoms with E-state index >= 15 is 0 Å². The lowest BCUT2D eigenvalue weighted by molar-refractivity contribution is 0.623. The Balaban J connectivity index is 1.89. The summed E-state index contributed by atoms with van der Waals surface area (Å²) in [5, 5.41) is 3.33. The van der Waals surface area contributed by atoms with Gasteiger partial charge < -0.3 is 5.32 Å². The topological polar surface area (TPSA) is 12.0 Å². The number of rotatable bonds is 2. The summed E-state index contributed by atoms with van der Waals surface area (Å²) in [6.07, 6.45) is 3.10. The molecule has 0 bridgehead atoms. The van der Waals surface area contributed by atoms with Crippen molar-refractivity contribution in [3.63, 3.8) is 0 Å². The highest BCUT2D eigenvalue weighted by atomic mass is 19.1. The summed E-state index contributed by atoms with van der Waals surface area (Å²) in [6.45, 7) is 0.852. The normalized spacial score (nSPS) is 18.3. The van der Waals surface area contributed by atoms with Gasteiger partial charge in [-0.2, -0.15) is 0 Å². The van der Waals surface area contributed by atoms with Crippen molar-refractivity contribution in [2.24, 2.45) is 0 Å². The van der Waals surface area contributed by atoms with Crippen molar-refractivity contribution in [3.05, 3.63) is 77.4 Å². The summed E-state index contributed by atoms with van der Waals surface area (Å²) < 4.78 is 25.9. The summed E-state index contributed by atoms with van der Waals surface area (Å²) in [7, 11) is 0. The second kappa shape index (κ2) is 5.45. The fraction of sp³-hybridized carbons (Fsp3) is 0.176. The Morgan fingerprint density at radius 1 is 0.850 bits per heavy atom. The van der Waals surface area contributed by atoms with Crippen molar-refractivity contribution in [3.8, 4) is 0 Å². The van der Waals surface area contributed by atoms with E-state index < -0.39 is 0 Å². The Labute approximate surface area is 116 Å².